The second-order valence-electron chi connectivity index (χ2n) is 4.73. The van der Waals surface area contributed by atoms with Crippen LogP contribution in [0.3, 0.4) is 0 Å². The van der Waals surface area contributed by atoms with Gasteiger partial charge in [0.15, 0.2) is 0 Å². The molecule has 8 heteroatoms. The van der Waals surface area contributed by atoms with Gasteiger partial charge in [0.25, 0.3) is 0 Å². The van der Waals surface area contributed by atoms with E-state index < -0.39 is 5.97 Å². The number of hydrogen-bond acceptors (Lipinski definition) is 5. The molecule has 0 aliphatic heterocycles. The fraction of sp³-hybridized carbons (Fsp3) is 0.400. The molecule has 4 N–H and O–H groups in total. The quantitative estimate of drug-likeness (QED) is 0.589. The van der Waals surface area contributed by atoms with Crippen LogP contribution in [0, 0.1) is 0 Å². The molecule has 1 aromatic rings. The van der Waals surface area contributed by atoms with Crippen LogP contribution >= 0.6 is 0 Å². The fourth-order valence-electron chi connectivity index (χ4n) is 1.67. The van der Waals surface area contributed by atoms with Gasteiger partial charge in [-0.05, 0) is 37.5 Å². The summed E-state index contributed by atoms with van der Waals surface area (Å²) < 4.78 is 0. The van der Waals surface area contributed by atoms with Crippen LogP contribution in [0.2, 0.25) is 0 Å². The van der Waals surface area contributed by atoms with Gasteiger partial charge in [0.2, 0.25) is 0 Å². The second kappa shape index (κ2) is 11.8. The number of phenolic OH excluding ortho intramolecular Hbond substituents is 1. The van der Waals surface area contributed by atoms with Crippen molar-refractivity contribution in [2.45, 2.75) is 32.2 Å². The summed E-state index contributed by atoms with van der Waals surface area (Å²) >= 11 is 0. The first-order valence-electron chi connectivity index (χ1n) is 6.92. The van der Waals surface area contributed by atoms with E-state index in [1.807, 2.05) is 0 Å². The highest BCUT2D eigenvalue weighted by atomic mass is 16.4. The molecule has 23 heavy (non-hydrogen) atoms. The van der Waals surface area contributed by atoms with Crippen LogP contribution in [0.15, 0.2) is 24.3 Å². The van der Waals surface area contributed by atoms with Crippen LogP contribution in [0.4, 0.5) is 4.79 Å². The first-order valence-corrected chi connectivity index (χ1v) is 6.92. The number of carbonyl (C=O) groups is 2. The minimum atomic E-state index is -0.869. The van der Waals surface area contributed by atoms with E-state index in [1.165, 1.54) is 0 Å². The highest BCUT2D eigenvalue weighted by Crippen LogP contribution is 2.09. The standard InChI is InChI=1S/C14H20N2O4.CO2/c1-10(2-7-13(18)19)16-14(20)15-9-8-11-3-5-12(17)6-4-11;2-1-3/h3-6,10,17H,2,7-9H2,1H3,(H,18,19)(H2,15,16,20);/t10-;/m1./s1. The third-order valence-corrected chi connectivity index (χ3v) is 2.80. The van der Waals surface area contributed by atoms with Crippen molar-refractivity contribution >= 4 is 18.2 Å². The monoisotopic (exact) mass is 324 g/mol. The Bertz CT molecular complexity index is 523. The van der Waals surface area contributed by atoms with Gasteiger partial charge in [-0.1, -0.05) is 12.1 Å². The summed E-state index contributed by atoms with van der Waals surface area (Å²) in [5.74, 6) is -0.655. The summed E-state index contributed by atoms with van der Waals surface area (Å²) in [4.78, 5) is 38.2. The normalized spacial score (nSPS) is 10.5. The van der Waals surface area contributed by atoms with Gasteiger partial charge in [0, 0.05) is 19.0 Å². The predicted octanol–water partition coefficient (Wildman–Crippen LogP) is 0.904. The number of hydrogen-bond donors (Lipinski definition) is 4. The molecule has 0 aliphatic rings. The van der Waals surface area contributed by atoms with Crippen LogP contribution in [0.25, 0.3) is 0 Å². The van der Waals surface area contributed by atoms with Crippen LogP contribution in [-0.2, 0) is 20.8 Å². The molecule has 8 nitrogen and oxygen atoms in total. The summed E-state index contributed by atoms with van der Waals surface area (Å²) in [5, 5.41) is 23.1. The predicted molar refractivity (Wildman–Crippen MR) is 79.7 cm³/mol. The lowest BCUT2D eigenvalue weighted by Gasteiger charge is -2.13. The lowest BCUT2D eigenvalue weighted by molar-refractivity contribution is -0.191. The van der Waals surface area contributed by atoms with E-state index in [1.54, 1.807) is 31.2 Å². The third-order valence-electron chi connectivity index (χ3n) is 2.80. The number of amides is 2. The number of urea groups is 1. The fourth-order valence-corrected chi connectivity index (χ4v) is 1.67. The van der Waals surface area contributed by atoms with Gasteiger partial charge in [-0.2, -0.15) is 9.59 Å². The lowest BCUT2D eigenvalue weighted by Crippen LogP contribution is -2.41. The largest absolute Gasteiger partial charge is 0.508 e. The number of rotatable bonds is 7. The van der Waals surface area contributed by atoms with Gasteiger partial charge in [0.1, 0.15) is 5.75 Å². The zero-order chi connectivity index (χ0) is 17.7. The molecule has 0 bridgehead atoms. The van der Waals surface area contributed by atoms with E-state index in [2.05, 4.69) is 10.6 Å². The number of carboxylic acids is 1. The highest BCUT2D eigenvalue weighted by Gasteiger charge is 2.08. The number of nitrogens with one attached hydrogen (secondary N) is 2. The van der Waals surface area contributed by atoms with Crippen molar-refractivity contribution in [3.8, 4) is 5.75 Å². The number of aliphatic carboxylic acids is 1. The van der Waals surface area contributed by atoms with Gasteiger partial charge < -0.3 is 20.8 Å². The van der Waals surface area contributed by atoms with Crippen molar-refractivity contribution in [3.63, 3.8) is 0 Å². The molecule has 0 saturated heterocycles. The van der Waals surface area contributed by atoms with Gasteiger partial charge in [-0.15, -0.1) is 0 Å². The van der Waals surface area contributed by atoms with Gasteiger partial charge in [0.05, 0.1) is 0 Å². The van der Waals surface area contributed by atoms with Crippen molar-refractivity contribution in [1.29, 1.82) is 0 Å². The molecule has 0 aliphatic carbocycles. The van der Waals surface area contributed by atoms with Gasteiger partial charge >= 0.3 is 18.2 Å². The molecule has 0 fully saturated rings. The minimum Gasteiger partial charge on any atom is -0.508 e. The van der Waals surface area contributed by atoms with Gasteiger partial charge in [-0.3, -0.25) is 4.79 Å². The average Bonchev–Trinajstić information content (AvgIpc) is 2.48. The summed E-state index contributed by atoms with van der Waals surface area (Å²) in [6, 6.07) is 6.31. The maximum atomic E-state index is 11.5. The first kappa shape index (κ1) is 20.1. The molecular formula is C15H20N2O6. The first-order chi connectivity index (χ1) is 10.9. The minimum absolute atomic E-state index is 0.0367. The number of benzene rings is 1. The van der Waals surface area contributed by atoms with Crippen molar-refractivity contribution < 1.29 is 29.4 Å². The molecule has 0 spiro atoms. The molecular weight excluding hydrogens is 304 g/mol. The molecule has 1 aromatic carbocycles. The molecule has 2 amide bonds. The zero-order valence-electron chi connectivity index (χ0n) is 12.7. The Labute approximate surface area is 133 Å². The SMILES string of the molecule is C[C@H](CCC(=O)O)NC(=O)NCCc1ccc(O)cc1.O=C=O. The molecule has 0 radical (unpaired) electrons. The molecule has 126 valence electrons. The average molecular weight is 324 g/mol. The molecule has 0 unspecified atom stereocenters. The van der Waals surface area contributed by atoms with E-state index in [0.29, 0.717) is 19.4 Å². The smallest absolute Gasteiger partial charge is 0.373 e. The van der Waals surface area contributed by atoms with E-state index in [-0.39, 0.29) is 30.4 Å². The van der Waals surface area contributed by atoms with Crippen molar-refractivity contribution in [3.05, 3.63) is 29.8 Å². The maximum Gasteiger partial charge on any atom is 0.373 e. The van der Waals surface area contributed by atoms with Crippen LogP contribution in [0.1, 0.15) is 25.3 Å². The van der Waals surface area contributed by atoms with E-state index in [0.717, 1.165) is 5.56 Å². The van der Waals surface area contributed by atoms with Gasteiger partial charge in [-0.25, -0.2) is 4.79 Å². The van der Waals surface area contributed by atoms with Crippen molar-refractivity contribution in [1.82, 2.24) is 10.6 Å². The van der Waals surface area contributed by atoms with E-state index in [4.69, 9.17) is 19.8 Å². The number of carboxylic acid groups (broad SMARTS) is 1. The Morgan fingerprint density at radius 2 is 1.78 bits per heavy atom. The summed E-state index contributed by atoms with van der Waals surface area (Å²) in [6.45, 7) is 2.24. The summed E-state index contributed by atoms with van der Waals surface area (Å²) in [6.07, 6.45) is 1.35. The molecule has 0 aromatic heterocycles. The van der Waals surface area contributed by atoms with Crippen molar-refractivity contribution in [2.75, 3.05) is 6.54 Å². The number of carbonyl (C=O) groups excluding carboxylic acids is 3. The lowest BCUT2D eigenvalue weighted by atomic mass is 10.1. The van der Waals surface area contributed by atoms with Crippen LogP contribution in [0.5, 0.6) is 5.75 Å². The third kappa shape index (κ3) is 11.5. The Morgan fingerprint density at radius 1 is 1.22 bits per heavy atom. The zero-order valence-corrected chi connectivity index (χ0v) is 12.7. The topological polar surface area (TPSA) is 133 Å². The molecule has 1 rings (SSSR count). The molecule has 1 atom stereocenters. The Morgan fingerprint density at radius 3 is 2.30 bits per heavy atom. The Hall–Kier alpha value is -2.86. The van der Waals surface area contributed by atoms with Crippen molar-refractivity contribution in [2.24, 2.45) is 0 Å². The number of phenols is 1. The Kier molecular flexibility index (Phi) is 10.3. The van der Waals surface area contributed by atoms with E-state index in [9.17, 15) is 9.59 Å². The summed E-state index contributed by atoms with van der Waals surface area (Å²) in [5.41, 5.74) is 1.02. The number of aromatic hydroxyl groups is 1. The Balaban J connectivity index is 0.00000149. The maximum absolute atomic E-state index is 11.5. The van der Waals surface area contributed by atoms with Crippen LogP contribution in [-0.4, -0.2) is 41.0 Å². The molecule has 0 heterocycles. The molecule has 0 saturated carbocycles. The van der Waals surface area contributed by atoms with Crippen LogP contribution < -0.4 is 10.6 Å². The van der Waals surface area contributed by atoms with E-state index >= 15 is 0 Å². The highest BCUT2D eigenvalue weighted by molar-refractivity contribution is 5.74. The second-order valence-corrected chi connectivity index (χ2v) is 4.73. The summed E-state index contributed by atoms with van der Waals surface area (Å²) in [7, 11) is 0.